The number of benzene rings is 4. The molecule has 2 aliphatic carbocycles. The van der Waals surface area contributed by atoms with Crippen molar-refractivity contribution >= 4 is 3.21 Å². The summed E-state index contributed by atoms with van der Waals surface area (Å²) in [6, 6.07) is 37.3. The molecule has 0 unspecified atom stereocenters. The van der Waals surface area contributed by atoms with Crippen LogP contribution >= 0.6 is 0 Å². The third-order valence-corrected chi connectivity index (χ3v) is 16.9. The standard InChI is InChI=1S/C21H25.C13H10.C5H5.Zr/c1-20(2,3)16-7-9-18-14(12-16)11-15-13-17(21(4,5)6)8-10-19(15)18;1-3-7-12(8-4-1)11-13-9-5-2-6-10-13;1-2-4-5-3-1;/h7-13H,1-6H3;1-10H;1-3H,4H2;. The molecule has 0 bridgehead atoms. The summed E-state index contributed by atoms with van der Waals surface area (Å²) in [5, 5.41) is 0. The Morgan fingerprint density at radius 1 is 0.625 bits per heavy atom. The molecule has 0 aliphatic heterocycles. The second kappa shape index (κ2) is 10.5. The molecule has 0 saturated heterocycles. The van der Waals surface area contributed by atoms with Crippen LogP contribution in [0.3, 0.4) is 0 Å². The number of rotatable bonds is 4. The van der Waals surface area contributed by atoms with E-state index in [-0.39, 0.29) is 10.8 Å². The molecule has 4 aromatic rings. The van der Waals surface area contributed by atoms with Gasteiger partial charge in [0.2, 0.25) is 0 Å². The average Bonchev–Trinajstić information content (AvgIpc) is 3.58. The van der Waals surface area contributed by atoms with Crippen LogP contribution in [0.5, 0.6) is 0 Å². The van der Waals surface area contributed by atoms with Crippen molar-refractivity contribution in [3.05, 3.63) is 152 Å². The minimum atomic E-state index is -2.66. The van der Waals surface area contributed by atoms with E-state index in [4.69, 9.17) is 0 Å². The summed E-state index contributed by atoms with van der Waals surface area (Å²) in [5.74, 6) is 0. The van der Waals surface area contributed by atoms with Gasteiger partial charge in [0.25, 0.3) is 0 Å². The first-order valence-electron chi connectivity index (χ1n) is 14.6. The molecule has 0 aromatic heterocycles. The van der Waals surface area contributed by atoms with Crippen molar-refractivity contribution in [2.24, 2.45) is 0 Å². The Balaban J connectivity index is 1.74. The van der Waals surface area contributed by atoms with Gasteiger partial charge in [-0.1, -0.05) is 0 Å². The summed E-state index contributed by atoms with van der Waals surface area (Å²) in [5.41, 5.74) is 11.9. The molecular weight excluding hydrogens is 560 g/mol. The van der Waals surface area contributed by atoms with E-state index in [1.807, 2.05) is 0 Å². The summed E-state index contributed by atoms with van der Waals surface area (Å²) in [6.45, 7) is 14.1. The van der Waals surface area contributed by atoms with Crippen LogP contribution in [0.2, 0.25) is 0 Å². The fourth-order valence-electron chi connectivity index (χ4n) is 6.33. The molecule has 200 valence electrons. The fraction of sp³-hybridized carbons (Fsp3) is 0.256. The van der Waals surface area contributed by atoms with E-state index in [0.29, 0.717) is 3.63 Å². The van der Waals surface area contributed by atoms with Crippen LogP contribution in [0.4, 0.5) is 0 Å². The fourth-order valence-corrected chi connectivity index (χ4v) is 15.3. The maximum absolute atomic E-state index is 2.66. The van der Waals surface area contributed by atoms with E-state index in [2.05, 4.69) is 157 Å². The molecule has 0 amide bonds. The van der Waals surface area contributed by atoms with E-state index < -0.39 is 21.3 Å². The van der Waals surface area contributed by atoms with Gasteiger partial charge in [-0.25, -0.2) is 0 Å². The second-order valence-corrected chi connectivity index (χ2v) is 19.6. The van der Waals surface area contributed by atoms with E-state index in [1.165, 1.54) is 33.4 Å². The van der Waals surface area contributed by atoms with Crippen LogP contribution in [0.15, 0.2) is 119 Å². The molecule has 1 heteroatoms. The van der Waals surface area contributed by atoms with Crippen LogP contribution in [-0.2, 0) is 32.1 Å². The van der Waals surface area contributed by atoms with Gasteiger partial charge in [0.1, 0.15) is 0 Å². The van der Waals surface area contributed by atoms with Crippen molar-refractivity contribution < 1.29 is 21.3 Å². The Kier molecular flexibility index (Phi) is 7.17. The van der Waals surface area contributed by atoms with Gasteiger partial charge in [-0.05, 0) is 0 Å². The Labute approximate surface area is 248 Å². The van der Waals surface area contributed by atoms with Crippen LogP contribution in [0.1, 0.15) is 85.0 Å². The van der Waals surface area contributed by atoms with Crippen molar-refractivity contribution in [2.45, 2.75) is 62.4 Å². The van der Waals surface area contributed by atoms with Crippen molar-refractivity contribution in [1.29, 1.82) is 0 Å². The quantitative estimate of drug-likeness (QED) is 0.219. The van der Waals surface area contributed by atoms with Crippen molar-refractivity contribution in [3.63, 3.8) is 0 Å². The molecule has 2 aliphatic rings. The van der Waals surface area contributed by atoms with Gasteiger partial charge in [-0.2, -0.15) is 0 Å². The Hall–Kier alpha value is -2.89. The second-order valence-electron chi connectivity index (χ2n) is 13.4. The average molecular weight is 600 g/mol. The topological polar surface area (TPSA) is 0 Å². The molecule has 0 radical (unpaired) electrons. The van der Waals surface area contributed by atoms with Gasteiger partial charge >= 0.3 is 250 Å². The zero-order valence-electron chi connectivity index (χ0n) is 24.8. The van der Waals surface area contributed by atoms with Gasteiger partial charge in [-0.15, -0.1) is 0 Å². The van der Waals surface area contributed by atoms with Crippen molar-refractivity contribution in [3.8, 4) is 11.1 Å². The molecule has 0 atom stereocenters. The molecule has 6 rings (SSSR count). The van der Waals surface area contributed by atoms with Gasteiger partial charge in [-0.3, -0.25) is 0 Å². The summed E-state index contributed by atoms with van der Waals surface area (Å²) in [4.78, 5) is 0. The molecular formula is C39H40Zr. The van der Waals surface area contributed by atoms with E-state index >= 15 is 0 Å². The summed E-state index contributed by atoms with van der Waals surface area (Å²) < 4.78 is 3.74. The predicted octanol–water partition coefficient (Wildman–Crippen LogP) is 10.1. The molecule has 0 nitrogen and oxygen atoms in total. The number of allylic oxidation sites excluding steroid dienone is 4. The number of hydrogen-bond acceptors (Lipinski definition) is 0. The first-order chi connectivity index (χ1) is 19.1. The van der Waals surface area contributed by atoms with Gasteiger partial charge in [0, 0.05) is 0 Å². The normalized spacial score (nSPS) is 14.6. The molecule has 0 saturated carbocycles. The number of hydrogen-bond donors (Lipinski definition) is 0. The summed E-state index contributed by atoms with van der Waals surface area (Å²) in [6.07, 6.45) is 8.23. The van der Waals surface area contributed by atoms with Crippen LogP contribution in [0.25, 0.3) is 11.1 Å². The molecule has 0 heterocycles. The third-order valence-electron chi connectivity index (χ3n) is 8.55. The third kappa shape index (κ3) is 5.03. The predicted molar refractivity (Wildman–Crippen MR) is 169 cm³/mol. The van der Waals surface area contributed by atoms with E-state index in [1.54, 1.807) is 17.6 Å². The van der Waals surface area contributed by atoms with E-state index in [0.717, 1.165) is 6.42 Å². The van der Waals surface area contributed by atoms with Gasteiger partial charge in [0.15, 0.2) is 0 Å². The van der Waals surface area contributed by atoms with E-state index in [9.17, 15) is 0 Å². The Morgan fingerprint density at radius 2 is 1.10 bits per heavy atom. The monoisotopic (exact) mass is 598 g/mol. The molecule has 0 N–H and O–H groups in total. The van der Waals surface area contributed by atoms with Crippen molar-refractivity contribution in [2.75, 3.05) is 0 Å². The van der Waals surface area contributed by atoms with Crippen LogP contribution in [0, 0.1) is 0 Å². The zero-order valence-corrected chi connectivity index (χ0v) is 27.2. The molecule has 40 heavy (non-hydrogen) atoms. The number of fused-ring (bicyclic) bond motifs is 3. The SMILES string of the molecule is CC(C)(C)c1ccc2c(c1)[CH]([Zr]([C]1=CC=CC1)=[C](c1ccccc1)c1ccccc1)c1cc(C(C)(C)C)ccc1-2. The Morgan fingerprint density at radius 3 is 1.50 bits per heavy atom. The van der Waals surface area contributed by atoms with Gasteiger partial charge < -0.3 is 0 Å². The first-order valence-corrected chi connectivity index (χ1v) is 18.5. The molecule has 0 spiro atoms. The van der Waals surface area contributed by atoms with Gasteiger partial charge in [0.05, 0.1) is 0 Å². The zero-order chi connectivity index (χ0) is 28.1. The van der Waals surface area contributed by atoms with Crippen molar-refractivity contribution in [1.82, 2.24) is 0 Å². The van der Waals surface area contributed by atoms with Crippen LogP contribution in [-0.4, -0.2) is 3.21 Å². The summed E-state index contributed by atoms with van der Waals surface area (Å²) in [7, 11) is 0. The van der Waals surface area contributed by atoms with Crippen LogP contribution < -0.4 is 0 Å². The maximum atomic E-state index is 2.58. The Bertz CT molecular complexity index is 1550. The summed E-state index contributed by atoms with van der Waals surface area (Å²) >= 11 is -2.66. The first kappa shape index (κ1) is 27.3. The minimum absolute atomic E-state index is 0.105. The molecule has 0 fully saturated rings. The molecule has 4 aromatic carbocycles.